The molecule has 4 aromatic rings. The van der Waals surface area contributed by atoms with Crippen LogP contribution in [0, 0.1) is 5.82 Å². The number of carbonyl (C=O) groups is 2. The topological polar surface area (TPSA) is 126 Å². The number of nitrogens with two attached hydrogens (primary N) is 1. The van der Waals surface area contributed by atoms with Gasteiger partial charge in [0.25, 0.3) is 11.8 Å². The molecular weight excluding hydrogens is 426 g/mol. The van der Waals surface area contributed by atoms with Crippen LogP contribution in [0.5, 0.6) is 0 Å². The van der Waals surface area contributed by atoms with Gasteiger partial charge in [-0.05, 0) is 38.1 Å². The summed E-state index contributed by atoms with van der Waals surface area (Å²) >= 11 is 1.21. The maximum absolute atomic E-state index is 13.7. The number of primary amides is 1. The monoisotopic (exact) mass is 444 g/mol. The number of alkyl halides is 1. The highest BCUT2D eigenvalue weighted by Gasteiger charge is 2.29. The number of benzene rings is 2. The largest absolute Gasteiger partial charge is 0.372 e. The highest BCUT2D eigenvalue weighted by molar-refractivity contribution is 7.23. The van der Waals surface area contributed by atoms with Crippen molar-refractivity contribution in [2.24, 2.45) is 5.73 Å². The lowest BCUT2D eigenvalue weighted by molar-refractivity contribution is -0.119. The number of nitrogens with one attached hydrogen (secondary N) is 3. The fraction of sp³-hybridized carbons (Fsp3) is 0.200. The molecule has 0 bridgehead atoms. The molecule has 8 nitrogen and oxygen atoms in total. The Hall–Kier alpha value is -3.60. The zero-order chi connectivity index (χ0) is 22.3. The van der Waals surface area contributed by atoms with Crippen LogP contribution in [-0.2, 0) is 11.5 Å². The molecule has 0 aliphatic rings. The molecule has 5 N–H and O–H groups in total. The van der Waals surface area contributed by atoms with Crippen LogP contribution in [0.2, 0.25) is 0 Å². The first-order valence-electron chi connectivity index (χ1n) is 9.20. The number of aromatic amines is 1. The van der Waals surface area contributed by atoms with Gasteiger partial charge in [-0.15, -0.1) is 0 Å². The van der Waals surface area contributed by atoms with E-state index in [1.165, 1.54) is 23.5 Å². The quantitative estimate of drug-likeness (QED) is 0.361. The van der Waals surface area contributed by atoms with Crippen LogP contribution in [0.3, 0.4) is 0 Å². The van der Waals surface area contributed by atoms with Gasteiger partial charge in [0.05, 0.1) is 27.5 Å². The molecule has 2 aromatic carbocycles. The number of aromatic nitrogens is 3. The summed E-state index contributed by atoms with van der Waals surface area (Å²) in [6.45, 7) is 2.52. The average Bonchev–Trinajstić information content (AvgIpc) is 3.34. The van der Waals surface area contributed by atoms with Crippen molar-refractivity contribution in [1.82, 2.24) is 15.2 Å². The summed E-state index contributed by atoms with van der Waals surface area (Å²) in [6, 6.07) is 5.39. The van der Waals surface area contributed by atoms with Crippen molar-refractivity contribution in [2.75, 3.05) is 10.6 Å². The fourth-order valence-corrected chi connectivity index (χ4v) is 4.19. The summed E-state index contributed by atoms with van der Waals surface area (Å²) in [5.41, 5.74) is 5.63. The molecule has 0 aliphatic heterocycles. The zero-order valence-electron chi connectivity index (χ0n) is 16.5. The smallest absolute Gasteiger partial charge is 0.251 e. The maximum atomic E-state index is 13.7. The predicted octanol–water partition coefficient (Wildman–Crippen LogP) is 3.71. The Morgan fingerprint density at radius 2 is 2.06 bits per heavy atom. The van der Waals surface area contributed by atoms with E-state index in [4.69, 9.17) is 5.73 Å². The van der Waals surface area contributed by atoms with Crippen LogP contribution in [0.25, 0.3) is 21.1 Å². The Morgan fingerprint density at radius 3 is 2.77 bits per heavy atom. The van der Waals surface area contributed by atoms with Crippen LogP contribution < -0.4 is 16.4 Å². The molecular formula is C20H18F2N6O2S. The van der Waals surface area contributed by atoms with Crippen LogP contribution in [-0.4, -0.2) is 32.5 Å². The molecule has 0 atom stereocenters. The van der Waals surface area contributed by atoms with Gasteiger partial charge >= 0.3 is 0 Å². The molecule has 0 spiro atoms. The summed E-state index contributed by atoms with van der Waals surface area (Å²) < 4.78 is 27.9. The minimum atomic E-state index is -1.15. The van der Waals surface area contributed by atoms with E-state index in [1.54, 1.807) is 26.1 Å². The molecule has 11 heteroatoms. The maximum Gasteiger partial charge on any atom is 0.251 e. The number of nitrogens with zero attached hydrogens (tertiary/aromatic N) is 2. The SMILES string of the molecule is CC(C)(Nc1ccc(F)c(C(N)=O)c1)C(=O)Nc1nc2c(CF)cc3[nH]ncc3c2s1. The highest BCUT2D eigenvalue weighted by atomic mass is 32.1. The molecule has 0 unspecified atom stereocenters. The fourth-order valence-electron chi connectivity index (χ4n) is 3.17. The summed E-state index contributed by atoms with van der Waals surface area (Å²) in [5, 5.41) is 13.6. The van der Waals surface area contributed by atoms with Crippen LogP contribution in [0.1, 0.15) is 29.8 Å². The number of anilines is 2. The molecule has 2 amide bonds. The highest BCUT2D eigenvalue weighted by Crippen LogP contribution is 2.35. The number of H-pyrrole nitrogens is 1. The lowest BCUT2D eigenvalue weighted by Gasteiger charge is -2.26. The van der Waals surface area contributed by atoms with Crippen molar-refractivity contribution in [2.45, 2.75) is 26.1 Å². The lowest BCUT2D eigenvalue weighted by Crippen LogP contribution is -2.44. The van der Waals surface area contributed by atoms with E-state index >= 15 is 0 Å². The Labute approximate surface area is 178 Å². The Morgan fingerprint density at radius 1 is 1.29 bits per heavy atom. The minimum absolute atomic E-state index is 0.282. The van der Waals surface area contributed by atoms with Crippen LogP contribution >= 0.6 is 11.3 Å². The van der Waals surface area contributed by atoms with Gasteiger partial charge in [0.2, 0.25) is 0 Å². The second kappa shape index (κ2) is 7.58. The molecule has 0 aliphatic carbocycles. The van der Waals surface area contributed by atoms with E-state index in [0.717, 1.165) is 11.5 Å². The Kier molecular flexibility index (Phi) is 5.05. The molecule has 4 rings (SSSR count). The van der Waals surface area contributed by atoms with Gasteiger partial charge in [0.15, 0.2) is 5.13 Å². The van der Waals surface area contributed by atoms with E-state index in [-0.39, 0.29) is 5.56 Å². The number of halogens is 2. The number of fused-ring (bicyclic) bond motifs is 3. The average molecular weight is 444 g/mol. The van der Waals surface area contributed by atoms with Crippen LogP contribution in [0.4, 0.5) is 19.6 Å². The van der Waals surface area contributed by atoms with Gasteiger partial charge < -0.3 is 11.1 Å². The summed E-state index contributed by atoms with van der Waals surface area (Å²) in [6.07, 6.45) is 1.62. The van der Waals surface area contributed by atoms with Gasteiger partial charge in [-0.2, -0.15) is 5.10 Å². The molecule has 160 valence electrons. The van der Waals surface area contributed by atoms with Gasteiger partial charge in [0.1, 0.15) is 18.0 Å². The molecule has 0 radical (unpaired) electrons. The second-order valence-electron chi connectivity index (χ2n) is 7.46. The summed E-state index contributed by atoms with van der Waals surface area (Å²) in [7, 11) is 0. The van der Waals surface area contributed by atoms with Crippen molar-refractivity contribution < 1.29 is 18.4 Å². The molecule has 31 heavy (non-hydrogen) atoms. The minimum Gasteiger partial charge on any atom is -0.372 e. The summed E-state index contributed by atoms with van der Waals surface area (Å²) in [5.74, 6) is -2.09. The molecule has 2 heterocycles. The van der Waals surface area contributed by atoms with Crippen molar-refractivity contribution in [3.63, 3.8) is 0 Å². The number of amides is 2. The van der Waals surface area contributed by atoms with E-state index in [1.807, 2.05) is 0 Å². The molecule has 0 fully saturated rings. The van der Waals surface area contributed by atoms with Crippen molar-refractivity contribution in [1.29, 1.82) is 0 Å². The number of hydrogen-bond acceptors (Lipinski definition) is 6. The summed E-state index contributed by atoms with van der Waals surface area (Å²) in [4.78, 5) is 28.7. The standard InChI is InChI=1S/C20H18F2N6O2S/c1-20(2,27-10-3-4-13(22)11(6-10)17(23)29)18(30)26-19-25-15-9(7-21)5-14-12(8-24-28-14)16(15)31-19/h3-6,8,27H,7H2,1-2H3,(H2,23,29)(H,24,28)(H,25,26,30). The van der Waals surface area contributed by atoms with E-state index < -0.39 is 29.8 Å². The number of carbonyl (C=O) groups excluding carboxylic acids is 2. The Bertz CT molecular complexity index is 1330. The second-order valence-corrected chi connectivity index (χ2v) is 8.46. The molecule has 0 saturated carbocycles. The van der Waals surface area contributed by atoms with Gasteiger partial charge in [0, 0.05) is 16.6 Å². The van der Waals surface area contributed by atoms with Gasteiger partial charge in [-0.25, -0.2) is 13.8 Å². The third kappa shape index (κ3) is 3.79. The third-order valence-corrected chi connectivity index (χ3v) is 5.79. The predicted molar refractivity (Wildman–Crippen MR) is 115 cm³/mol. The first-order chi connectivity index (χ1) is 14.7. The van der Waals surface area contributed by atoms with E-state index in [9.17, 15) is 18.4 Å². The van der Waals surface area contributed by atoms with Crippen molar-refractivity contribution in [3.05, 3.63) is 47.4 Å². The zero-order valence-corrected chi connectivity index (χ0v) is 17.4. The normalized spacial score (nSPS) is 11.7. The molecule has 0 saturated heterocycles. The van der Waals surface area contributed by atoms with Gasteiger partial charge in [-0.1, -0.05) is 11.3 Å². The van der Waals surface area contributed by atoms with Crippen LogP contribution in [0.15, 0.2) is 30.5 Å². The van der Waals surface area contributed by atoms with E-state index in [0.29, 0.717) is 32.1 Å². The number of thiazole rings is 1. The molecule has 2 aromatic heterocycles. The first kappa shape index (κ1) is 20.7. The number of rotatable bonds is 6. The van der Waals surface area contributed by atoms with Crippen molar-refractivity contribution >= 4 is 55.1 Å². The number of hydrogen-bond donors (Lipinski definition) is 4. The van der Waals surface area contributed by atoms with Crippen molar-refractivity contribution in [3.8, 4) is 0 Å². The van der Waals surface area contributed by atoms with E-state index in [2.05, 4.69) is 25.8 Å². The Balaban J connectivity index is 1.60. The first-order valence-corrected chi connectivity index (χ1v) is 10.0. The third-order valence-electron chi connectivity index (χ3n) is 4.78. The lowest BCUT2D eigenvalue weighted by atomic mass is 10.0. The van der Waals surface area contributed by atoms with Gasteiger partial charge in [-0.3, -0.25) is 20.0 Å².